The van der Waals surface area contributed by atoms with Gasteiger partial charge in [-0.25, -0.2) is 0 Å². The van der Waals surface area contributed by atoms with Crippen molar-refractivity contribution in [1.29, 1.82) is 0 Å². The molecule has 1 heterocycles. The van der Waals surface area contributed by atoms with Crippen LogP contribution in [0.15, 0.2) is 0 Å². The monoisotopic (exact) mass is 269 g/mol. The predicted octanol–water partition coefficient (Wildman–Crippen LogP) is 2.08. The second kappa shape index (κ2) is 5.32. The lowest BCUT2D eigenvalue weighted by Crippen LogP contribution is -2.34. The Labute approximate surface area is 83.0 Å². The number of likely N-dealkylation sites (tertiary alicyclic amines) is 1. The summed E-state index contributed by atoms with van der Waals surface area (Å²) in [5, 5.41) is 0. The third-order valence-corrected chi connectivity index (χ3v) is 2.81. The van der Waals surface area contributed by atoms with Gasteiger partial charge in [-0.3, -0.25) is 0 Å². The van der Waals surface area contributed by atoms with Gasteiger partial charge in [0.05, 0.1) is 6.61 Å². The minimum atomic E-state index is 0.815. The molecule has 0 atom stereocenters. The summed E-state index contributed by atoms with van der Waals surface area (Å²) < 4.78 is 5.10. The molecule has 0 aliphatic carbocycles. The van der Waals surface area contributed by atoms with Crippen LogP contribution in [0.5, 0.6) is 0 Å². The van der Waals surface area contributed by atoms with Crippen molar-refractivity contribution < 1.29 is 3.07 Å². The van der Waals surface area contributed by atoms with Crippen LogP contribution in [0.2, 0.25) is 0 Å². The lowest BCUT2D eigenvalue weighted by molar-refractivity contribution is 0.164. The lowest BCUT2D eigenvalue weighted by Gasteiger charge is -2.30. The minimum absolute atomic E-state index is 0.815. The van der Waals surface area contributed by atoms with Crippen LogP contribution >= 0.6 is 23.0 Å². The molecular weight excluding hydrogens is 253 g/mol. The Bertz CT molecular complexity index is 102. The Kier molecular flexibility index (Phi) is 4.71. The third kappa shape index (κ3) is 3.25. The Hall–Kier alpha value is 0.650. The summed E-state index contributed by atoms with van der Waals surface area (Å²) in [5.41, 5.74) is 0. The standard InChI is InChI=1S/C8H16INO/c1-2-10-5-3-8(4-6-10)7-11-9/h8H,2-7H2,1H3. The minimum Gasteiger partial charge on any atom is -0.316 e. The molecule has 0 aromatic carbocycles. The Morgan fingerprint density at radius 3 is 2.55 bits per heavy atom. The van der Waals surface area contributed by atoms with E-state index in [0.717, 1.165) is 12.5 Å². The van der Waals surface area contributed by atoms with E-state index in [-0.39, 0.29) is 0 Å². The summed E-state index contributed by atoms with van der Waals surface area (Å²) in [5.74, 6) is 0.815. The van der Waals surface area contributed by atoms with Gasteiger partial charge in [-0.05, 0) is 38.4 Å². The normalized spacial score (nSPS) is 22.4. The van der Waals surface area contributed by atoms with Crippen LogP contribution in [0.1, 0.15) is 19.8 Å². The number of rotatable bonds is 3. The average Bonchev–Trinajstić information content (AvgIpc) is 2.07. The summed E-state index contributed by atoms with van der Waals surface area (Å²) in [6.07, 6.45) is 2.63. The topological polar surface area (TPSA) is 12.5 Å². The van der Waals surface area contributed by atoms with Gasteiger partial charge in [-0.1, -0.05) is 6.92 Å². The Morgan fingerprint density at radius 2 is 2.09 bits per heavy atom. The summed E-state index contributed by atoms with van der Waals surface area (Å²) in [6.45, 7) is 6.91. The van der Waals surface area contributed by atoms with Gasteiger partial charge in [-0.15, -0.1) is 0 Å². The van der Waals surface area contributed by atoms with Gasteiger partial charge in [0.25, 0.3) is 0 Å². The molecule has 66 valence electrons. The van der Waals surface area contributed by atoms with Gasteiger partial charge in [0, 0.05) is 0 Å². The highest BCUT2D eigenvalue weighted by Gasteiger charge is 2.17. The Balaban J connectivity index is 2.14. The van der Waals surface area contributed by atoms with Crippen LogP contribution in [0.25, 0.3) is 0 Å². The number of piperidine rings is 1. The Morgan fingerprint density at radius 1 is 1.45 bits per heavy atom. The van der Waals surface area contributed by atoms with E-state index in [1.807, 2.05) is 23.0 Å². The second-order valence-corrected chi connectivity index (χ2v) is 3.78. The van der Waals surface area contributed by atoms with Crippen LogP contribution < -0.4 is 0 Å². The van der Waals surface area contributed by atoms with E-state index in [0.29, 0.717) is 0 Å². The first-order valence-electron chi connectivity index (χ1n) is 4.32. The van der Waals surface area contributed by atoms with E-state index >= 15 is 0 Å². The van der Waals surface area contributed by atoms with Crippen molar-refractivity contribution in [3.05, 3.63) is 0 Å². The molecule has 1 fully saturated rings. The van der Waals surface area contributed by atoms with E-state index in [2.05, 4.69) is 11.8 Å². The summed E-state index contributed by atoms with van der Waals surface area (Å²) in [4.78, 5) is 2.50. The van der Waals surface area contributed by atoms with Crippen LogP contribution in [-0.2, 0) is 3.07 Å². The fourth-order valence-corrected chi connectivity index (χ4v) is 2.07. The molecule has 0 aromatic rings. The maximum atomic E-state index is 5.10. The van der Waals surface area contributed by atoms with Gasteiger partial charge in [0.2, 0.25) is 0 Å². The van der Waals surface area contributed by atoms with Crippen molar-refractivity contribution in [1.82, 2.24) is 4.90 Å². The lowest BCUT2D eigenvalue weighted by atomic mass is 9.98. The molecule has 1 aliphatic heterocycles. The highest BCUT2D eigenvalue weighted by atomic mass is 127. The van der Waals surface area contributed by atoms with Gasteiger partial charge < -0.3 is 7.97 Å². The molecule has 1 aliphatic rings. The van der Waals surface area contributed by atoms with E-state index in [1.165, 1.54) is 32.5 Å². The van der Waals surface area contributed by atoms with Gasteiger partial charge >= 0.3 is 0 Å². The number of nitrogens with zero attached hydrogens (tertiary/aromatic N) is 1. The van der Waals surface area contributed by atoms with Crippen molar-refractivity contribution >= 4 is 23.0 Å². The summed E-state index contributed by atoms with van der Waals surface area (Å²) in [6, 6.07) is 0. The molecule has 1 rings (SSSR count). The maximum Gasteiger partial charge on any atom is 0.109 e. The fourth-order valence-electron chi connectivity index (χ4n) is 1.56. The molecule has 0 N–H and O–H groups in total. The maximum absolute atomic E-state index is 5.10. The molecule has 0 spiro atoms. The molecule has 0 saturated carbocycles. The molecular formula is C8H16INO. The van der Waals surface area contributed by atoms with Crippen molar-refractivity contribution in [2.45, 2.75) is 19.8 Å². The molecule has 0 unspecified atom stereocenters. The van der Waals surface area contributed by atoms with Gasteiger partial charge in [0.15, 0.2) is 0 Å². The molecule has 0 aromatic heterocycles. The first-order chi connectivity index (χ1) is 5.36. The van der Waals surface area contributed by atoms with Crippen molar-refractivity contribution in [3.8, 4) is 0 Å². The largest absolute Gasteiger partial charge is 0.316 e. The van der Waals surface area contributed by atoms with Crippen LogP contribution in [0.3, 0.4) is 0 Å². The first-order valence-corrected chi connectivity index (χ1v) is 5.20. The highest BCUT2D eigenvalue weighted by molar-refractivity contribution is 14.1. The number of halogens is 1. The van der Waals surface area contributed by atoms with Gasteiger partial charge in [0.1, 0.15) is 23.0 Å². The highest BCUT2D eigenvalue weighted by Crippen LogP contribution is 2.17. The molecule has 0 bridgehead atoms. The van der Waals surface area contributed by atoms with Gasteiger partial charge in [-0.2, -0.15) is 0 Å². The molecule has 2 nitrogen and oxygen atoms in total. The number of hydrogen-bond donors (Lipinski definition) is 0. The summed E-state index contributed by atoms with van der Waals surface area (Å²) in [7, 11) is 0. The molecule has 3 heteroatoms. The fraction of sp³-hybridized carbons (Fsp3) is 1.00. The van der Waals surface area contributed by atoms with Crippen molar-refractivity contribution in [3.63, 3.8) is 0 Å². The third-order valence-electron chi connectivity index (χ3n) is 2.45. The average molecular weight is 269 g/mol. The first kappa shape index (κ1) is 9.74. The van der Waals surface area contributed by atoms with Crippen LogP contribution in [0.4, 0.5) is 0 Å². The van der Waals surface area contributed by atoms with E-state index in [4.69, 9.17) is 3.07 Å². The smallest absolute Gasteiger partial charge is 0.109 e. The van der Waals surface area contributed by atoms with Crippen LogP contribution in [-0.4, -0.2) is 31.1 Å². The van der Waals surface area contributed by atoms with Crippen molar-refractivity contribution in [2.75, 3.05) is 26.2 Å². The number of hydrogen-bond acceptors (Lipinski definition) is 2. The molecule has 0 radical (unpaired) electrons. The van der Waals surface area contributed by atoms with E-state index in [9.17, 15) is 0 Å². The van der Waals surface area contributed by atoms with E-state index < -0.39 is 0 Å². The molecule has 11 heavy (non-hydrogen) atoms. The molecule has 1 saturated heterocycles. The second-order valence-electron chi connectivity index (χ2n) is 3.15. The van der Waals surface area contributed by atoms with Crippen molar-refractivity contribution in [2.24, 2.45) is 5.92 Å². The zero-order chi connectivity index (χ0) is 8.10. The predicted molar refractivity (Wildman–Crippen MR) is 54.8 cm³/mol. The SMILES string of the molecule is CCN1CCC(COI)CC1. The zero-order valence-corrected chi connectivity index (χ0v) is 9.21. The zero-order valence-electron chi connectivity index (χ0n) is 7.05. The van der Waals surface area contributed by atoms with E-state index in [1.54, 1.807) is 0 Å². The van der Waals surface area contributed by atoms with Crippen LogP contribution in [0, 0.1) is 5.92 Å². The summed E-state index contributed by atoms with van der Waals surface area (Å²) >= 11 is 1.99. The quantitative estimate of drug-likeness (QED) is 0.727. The molecule has 0 amide bonds.